The number of halogens is 1. The highest BCUT2D eigenvalue weighted by molar-refractivity contribution is 7.89. The predicted octanol–water partition coefficient (Wildman–Crippen LogP) is 2.39. The minimum absolute atomic E-state index is 0.363. The van der Waals surface area contributed by atoms with Gasteiger partial charge in [0.15, 0.2) is 0 Å². The fraction of sp³-hybridized carbons (Fsp3) is 0.600. The van der Waals surface area contributed by atoms with Gasteiger partial charge in [0.2, 0.25) is 10.0 Å². The second-order valence-electron chi connectivity index (χ2n) is 5.89. The highest BCUT2D eigenvalue weighted by Crippen LogP contribution is 2.24. The molecular weight excluding hydrogens is 308 g/mol. The van der Waals surface area contributed by atoms with E-state index in [0.717, 1.165) is 24.9 Å². The van der Waals surface area contributed by atoms with Crippen molar-refractivity contribution in [3.63, 3.8) is 0 Å². The van der Waals surface area contributed by atoms with Crippen molar-refractivity contribution in [2.45, 2.75) is 23.6 Å². The Hall–Kier alpha value is -0.620. The van der Waals surface area contributed by atoms with Crippen LogP contribution in [0.25, 0.3) is 0 Å². The molecule has 1 aromatic carbocycles. The number of alkyl halides is 1. The second kappa shape index (κ2) is 7.09. The van der Waals surface area contributed by atoms with Gasteiger partial charge in [-0.25, -0.2) is 8.42 Å². The SMILES string of the molecule is CN(C)CC1CCN(S(=O)(=O)c2ccc(CCl)cc2)CC1. The van der Waals surface area contributed by atoms with E-state index in [9.17, 15) is 8.42 Å². The van der Waals surface area contributed by atoms with Crippen LogP contribution >= 0.6 is 11.6 Å². The van der Waals surface area contributed by atoms with Crippen LogP contribution in [0.15, 0.2) is 29.2 Å². The minimum atomic E-state index is -3.36. The Morgan fingerprint density at radius 3 is 2.24 bits per heavy atom. The maximum absolute atomic E-state index is 12.6. The van der Waals surface area contributed by atoms with Crippen LogP contribution in [0.3, 0.4) is 0 Å². The molecule has 0 aliphatic carbocycles. The van der Waals surface area contributed by atoms with Crippen LogP contribution in [0.2, 0.25) is 0 Å². The molecule has 118 valence electrons. The Morgan fingerprint density at radius 1 is 1.19 bits per heavy atom. The first kappa shape index (κ1) is 16.7. The quantitative estimate of drug-likeness (QED) is 0.778. The molecule has 1 saturated heterocycles. The standard InChI is InChI=1S/C15H23ClN2O2S/c1-17(2)12-14-7-9-18(10-8-14)21(19,20)15-5-3-13(11-16)4-6-15/h3-6,14H,7-12H2,1-2H3. The average Bonchev–Trinajstić information content (AvgIpc) is 2.47. The van der Waals surface area contributed by atoms with Crippen molar-refractivity contribution in [2.75, 3.05) is 33.7 Å². The van der Waals surface area contributed by atoms with E-state index < -0.39 is 10.0 Å². The number of benzene rings is 1. The molecule has 0 amide bonds. The summed E-state index contributed by atoms with van der Waals surface area (Å²) in [6.45, 7) is 2.24. The van der Waals surface area contributed by atoms with Gasteiger partial charge < -0.3 is 4.90 Å². The summed E-state index contributed by atoms with van der Waals surface area (Å²) in [5.41, 5.74) is 0.931. The number of rotatable bonds is 5. The van der Waals surface area contributed by atoms with Gasteiger partial charge in [-0.3, -0.25) is 0 Å². The molecule has 0 N–H and O–H groups in total. The zero-order valence-electron chi connectivity index (χ0n) is 12.6. The number of nitrogens with zero attached hydrogens (tertiary/aromatic N) is 2. The van der Waals surface area contributed by atoms with Crippen LogP contribution < -0.4 is 0 Å². The van der Waals surface area contributed by atoms with Crippen molar-refractivity contribution in [3.8, 4) is 0 Å². The fourth-order valence-corrected chi connectivity index (χ4v) is 4.40. The lowest BCUT2D eigenvalue weighted by atomic mass is 9.98. The van der Waals surface area contributed by atoms with E-state index in [1.807, 2.05) is 0 Å². The largest absolute Gasteiger partial charge is 0.309 e. The number of sulfonamides is 1. The van der Waals surface area contributed by atoms with Crippen molar-refractivity contribution in [2.24, 2.45) is 5.92 Å². The highest BCUT2D eigenvalue weighted by atomic mass is 35.5. The van der Waals surface area contributed by atoms with Gasteiger partial charge in [0, 0.05) is 25.5 Å². The van der Waals surface area contributed by atoms with Crippen LogP contribution in [-0.2, 0) is 15.9 Å². The van der Waals surface area contributed by atoms with Crippen LogP contribution in [0.1, 0.15) is 18.4 Å². The molecule has 0 unspecified atom stereocenters. The lowest BCUT2D eigenvalue weighted by Gasteiger charge is -2.32. The predicted molar refractivity (Wildman–Crippen MR) is 86.0 cm³/mol. The molecule has 21 heavy (non-hydrogen) atoms. The number of hydrogen-bond donors (Lipinski definition) is 0. The minimum Gasteiger partial charge on any atom is -0.309 e. The third-order valence-corrected chi connectivity index (χ3v) is 6.13. The summed E-state index contributed by atoms with van der Waals surface area (Å²) in [5.74, 6) is 0.987. The molecule has 0 atom stereocenters. The lowest BCUT2D eigenvalue weighted by Crippen LogP contribution is -2.40. The topological polar surface area (TPSA) is 40.6 Å². The molecule has 1 aliphatic heterocycles. The van der Waals surface area contributed by atoms with Crippen LogP contribution in [0.4, 0.5) is 0 Å². The molecule has 0 spiro atoms. The molecule has 6 heteroatoms. The monoisotopic (exact) mass is 330 g/mol. The lowest BCUT2D eigenvalue weighted by molar-refractivity contribution is 0.225. The van der Waals surface area contributed by atoms with E-state index in [0.29, 0.717) is 29.8 Å². The summed E-state index contributed by atoms with van der Waals surface area (Å²) in [5, 5.41) is 0. The van der Waals surface area contributed by atoms with Crippen molar-refractivity contribution < 1.29 is 8.42 Å². The highest BCUT2D eigenvalue weighted by Gasteiger charge is 2.29. The summed E-state index contributed by atoms with van der Waals surface area (Å²) in [4.78, 5) is 2.53. The van der Waals surface area contributed by atoms with Crippen LogP contribution in [0.5, 0.6) is 0 Å². The van der Waals surface area contributed by atoms with Gasteiger partial charge in [0.1, 0.15) is 0 Å². The molecule has 0 aromatic heterocycles. The van der Waals surface area contributed by atoms with E-state index >= 15 is 0 Å². The summed E-state index contributed by atoms with van der Waals surface area (Å²) in [6.07, 6.45) is 1.86. The van der Waals surface area contributed by atoms with Crippen LogP contribution in [-0.4, -0.2) is 51.4 Å². The summed E-state index contributed by atoms with van der Waals surface area (Å²) >= 11 is 5.74. The Labute approximate surface area is 132 Å². The summed E-state index contributed by atoms with van der Waals surface area (Å²) in [7, 11) is 0.752. The molecular formula is C15H23ClN2O2S. The van der Waals surface area contributed by atoms with Crippen LogP contribution in [0, 0.1) is 5.92 Å². The second-order valence-corrected chi connectivity index (χ2v) is 8.09. The molecule has 2 rings (SSSR count). The van der Waals surface area contributed by atoms with E-state index in [1.54, 1.807) is 28.6 Å². The summed E-state index contributed by atoms with van der Waals surface area (Å²) < 4.78 is 26.8. The van der Waals surface area contributed by atoms with Crippen molar-refractivity contribution in [1.82, 2.24) is 9.21 Å². The van der Waals surface area contributed by atoms with Gasteiger partial charge in [-0.1, -0.05) is 12.1 Å². The first-order valence-electron chi connectivity index (χ1n) is 7.23. The third-order valence-electron chi connectivity index (χ3n) is 3.91. The zero-order valence-corrected chi connectivity index (χ0v) is 14.2. The summed E-state index contributed by atoms with van der Waals surface area (Å²) in [6, 6.07) is 6.86. The maximum Gasteiger partial charge on any atom is 0.243 e. The van der Waals surface area contributed by atoms with Crippen molar-refractivity contribution >= 4 is 21.6 Å². The molecule has 1 aliphatic rings. The van der Waals surface area contributed by atoms with Crippen molar-refractivity contribution in [3.05, 3.63) is 29.8 Å². The zero-order chi connectivity index (χ0) is 15.5. The van der Waals surface area contributed by atoms with Gasteiger partial charge in [0.25, 0.3) is 0 Å². The van der Waals surface area contributed by atoms with E-state index in [2.05, 4.69) is 19.0 Å². The molecule has 0 bridgehead atoms. The average molecular weight is 331 g/mol. The van der Waals surface area contributed by atoms with E-state index in [-0.39, 0.29) is 0 Å². The Bertz CT molecular complexity index is 550. The third kappa shape index (κ3) is 4.19. The van der Waals surface area contributed by atoms with E-state index in [4.69, 9.17) is 11.6 Å². The molecule has 1 aromatic rings. The first-order chi connectivity index (χ1) is 9.93. The van der Waals surface area contributed by atoms with Gasteiger partial charge in [-0.2, -0.15) is 4.31 Å². The maximum atomic E-state index is 12.6. The van der Waals surface area contributed by atoms with Gasteiger partial charge >= 0.3 is 0 Å². The smallest absolute Gasteiger partial charge is 0.243 e. The molecule has 0 saturated carbocycles. The van der Waals surface area contributed by atoms with Gasteiger partial charge in [-0.05, 0) is 50.6 Å². The Kier molecular flexibility index (Phi) is 5.66. The first-order valence-corrected chi connectivity index (χ1v) is 9.20. The number of piperidine rings is 1. The normalized spacial score (nSPS) is 18.3. The fourth-order valence-electron chi connectivity index (χ4n) is 2.75. The molecule has 4 nitrogen and oxygen atoms in total. The Morgan fingerprint density at radius 2 is 1.76 bits per heavy atom. The number of hydrogen-bond acceptors (Lipinski definition) is 3. The Balaban J connectivity index is 2.03. The van der Waals surface area contributed by atoms with Crippen molar-refractivity contribution in [1.29, 1.82) is 0 Å². The molecule has 1 fully saturated rings. The van der Waals surface area contributed by atoms with E-state index in [1.165, 1.54) is 0 Å². The van der Waals surface area contributed by atoms with Gasteiger partial charge in [-0.15, -0.1) is 11.6 Å². The van der Waals surface area contributed by atoms with Gasteiger partial charge in [0.05, 0.1) is 4.90 Å². The molecule has 0 radical (unpaired) electrons. The molecule has 1 heterocycles.